The van der Waals surface area contributed by atoms with E-state index in [1.165, 1.54) is 10.9 Å². The number of aromatic amines is 1. The summed E-state index contributed by atoms with van der Waals surface area (Å²) in [5.41, 5.74) is 0.825. The van der Waals surface area contributed by atoms with Crippen LogP contribution in [0.4, 0.5) is 0 Å². The fourth-order valence-electron chi connectivity index (χ4n) is 2.09. The van der Waals surface area contributed by atoms with Crippen LogP contribution >= 0.6 is 11.3 Å². The zero-order valence-corrected chi connectivity index (χ0v) is 13.2. The maximum atomic E-state index is 12.3. The molecule has 6 nitrogen and oxygen atoms in total. The largest absolute Gasteiger partial charge is 0.347 e. The quantitative estimate of drug-likeness (QED) is 0.769. The molecule has 0 unspecified atom stereocenters. The maximum absolute atomic E-state index is 12.3. The number of aromatic nitrogens is 3. The predicted molar refractivity (Wildman–Crippen MR) is 88.3 cm³/mol. The van der Waals surface area contributed by atoms with E-state index in [1.807, 2.05) is 19.1 Å². The molecule has 3 aromatic rings. The van der Waals surface area contributed by atoms with Crippen LogP contribution in [0.5, 0.6) is 0 Å². The van der Waals surface area contributed by atoms with E-state index in [2.05, 4.69) is 20.5 Å². The molecule has 0 saturated heterocycles. The van der Waals surface area contributed by atoms with Crippen LogP contribution in [0, 0.1) is 6.92 Å². The van der Waals surface area contributed by atoms with Gasteiger partial charge in [0.1, 0.15) is 5.56 Å². The fraction of sp³-hybridized carbons (Fsp3) is 0.125. The topological polar surface area (TPSA) is 87.7 Å². The molecule has 0 aliphatic heterocycles. The molecular weight excluding hydrogens is 312 g/mol. The number of aryl methyl sites for hydroxylation is 1. The number of hydrogen-bond acceptors (Lipinski definition) is 5. The predicted octanol–water partition coefficient (Wildman–Crippen LogP) is 2.13. The minimum Gasteiger partial charge on any atom is -0.347 e. The van der Waals surface area contributed by atoms with E-state index in [1.54, 1.807) is 35.9 Å². The summed E-state index contributed by atoms with van der Waals surface area (Å²) in [6, 6.07) is 8.96. The number of nitrogens with zero attached hydrogens (tertiary/aromatic N) is 2. The van der Waals surface area contributed by atoms with Crippen LogP contribution in [0.25, 0.3) is 11.3 Å². The number of H-pyrrole nitrogens is 1. The molecule has 0 atom stereocenters. The first kappa shape index (κ1) is 15.1. The number of rotatable bonds is 4. The van der Waals surface area contributed by atoms with Crippen molar-refractivity contribution in [2.24, 2.45) is 0 Å². The van der Waals surface area contributed by atoms with Crippen molar-refractivity contribution in [2.45, 2.75) is 13.5 Å². The number of hydrogen-bond donors (Lipinski definition) is 2. The molecular formula is C16H14N4O2S. The molecule has 1 amide bonds. The van der Waals surface area contributed by atoms with Crippen LogP contribution in [-0.2, 0) is 6.54 Å². The first-order valence-corrected chi connectivity index (χ1v) is 7.79. The van der Waals surface area contributed by atoms with Crippen molar-refractivity contribution < 1.29 is 4.79 Å². The smallest absolute Gasteiger partial charge is 0.277 e. The Balaban J connectivity index is 1.81. The highest BCUT2D eigenvalue weighted by atomic mass is 32.1. The molecule has 0 aromatic carbocycles. The van der Waals surface area contributed by atoms with E-state index in [9.17, 15) is 9.59 Å². The van der Waals surface area contributed by atoms with Crippen molar-refractivity contribution in [2.75, 3.05) is 0 Å². The lowest BCUT2D eigenvalue weighted by Crippen LogP contribution is -2.29. The van der Waals surface area contributed by atoms with E-state index >= 15 is 0 Å². The summed E-state index contributed by atoms with van der Waals surface area (Å²) in [5, 5.41) is 9.10. The van der Waals surface area contributed by atoms with Gasteiger partial charge in [-0.1, -0.05) is 0 Å². The number of amides is 1. The molecule has 0 spiro atoms. The lowest BCUT2D eigenvalue weighted by Gasteiger charge is -2.05. The zero-order chi connectivity index (χ0) is 16.2. The van der Waals surface area contributed by atoms with Gasteiger partial charge in [0.15, 0.2) is 0 Å². The summed E-state index contributed by atoms with van der Waals surface area (Å²) in [5.74, 6) is -0.421. The summed E-state index contributed by atoms with van der Waals surface area (Å²) in [4.78, 5) is 30.3. The summed E-state index contributed by atoms with van der Waals surface area (Å²) in [7, 11) is 0. The van der Waals surface area contributed by atoms with Gasteiger partial charge in [-0.25, -0.2) is 5.10 Å². The highest BCUT2D eigenvalue weighted by Crippen LogP contribution is 2.16. The molecule has 3 aromatic heterocycles. The highest BCUT2D eigenvalue weighted by molar-refractivity contribution is 7.11. The SMILES string of the molecule is Cc1ccc(CNC(=O)c2cc(-c3ccncc3)n[nH]c2=O)s1. The van der Waals surface area contributed by atoms with Crippen molar-refractivity contribution >= 4 is 17.2 Å². The Bertz CT molecular complexity index is 886. The van der Waals surface area contributed by atoms with Crippen molar-refractivity contribution in [3.05, 3.63) is 68.4 Å². The molecule has 23 heavy (non-hydrogen) atoms. The van der Waals surface area contributed by atoms with Gasteiger partial charge in [0.25, 0.3) is 11.5 Å². The lowest BCUT2D eigenvalue weighted by molar-refractivity contribution is 0.0949. The van der Waals surface area contributed by atoms with Crippen LogP contribution in [0.1, 0.15) is 20.1 Å². The lowest BCUT2D eigenvalue weighted by atomic mass is 10.1. The fourth-order valence-corrected chi connectivity index (χ4v) is 2.92. The second-order valence-electron chi connectivity index (χ2n) is 4.93. The van der Waals surface area contributed by atoms with Crippen molar-refractivity contribution in [3.63, 3.8) is 0 Å². The van der Waals surface area contributed by atoms with Crippen molar-refractivity contribution in [1.82, 2.24) is 20.5 Å². The van der Waals surface area contributed by atoms with Crippen LogP contribution in [0.2, 0.25) is 0 Å². The average molecular weight is 326 g/mol. The van der Waals surface area contributed by atoms with Gasteiger partial charge in [0.2, 0.25) is 0 Å². The van der Waals surface area contributed by atoms with E-state index in [0.29, 0.717) is 12.2 Å². The monoisotopic (exact) mass is 326 g/mol. The summed E-state index contributed by atoms with van der Waals surface area (Å²) in [6.07, 6.45) is 3.25. The summed E-state index contributed by atoms with van der Waals surface area (Å²) < 4.78 is 0. The average Bonchev–Trinajstić information content (AvgIpc) is 2.99. The number of carbonyl (C=O) groups is 1. The number of nitrogens with one attached hydrogen (secondary N) is 2. The van der Waals surface area contributed by atoms with Gasteiger partial charge in [0, 0.05) is 27.7 Å². The Morgan fingerprint density at radius 1 is 1.26 bits per heavy atom. The molecule has 0 bridgehead atoms. The van der Waals surface area contributed by atoms with Crippen LogP contribution in [0.3, 0.4) is 0 Å². The van der Waals surface area contributed by atoms with Gasteiger partial charge < -0.3 is 5.32 Å². The highest BCUT2D eigenvalue weighted by Gasteiger charge is 2.13. The number of carbonyl (C=O) groups excluding carboxylic acids is 1. The third-order valence-corrected chi connectivity index (χ3v) is 4.24. The standard InChI is InChI=1S/C16H14N4O2S/c1-10-2-3-12(23-10)9-18-15(21)13-8-14(19-20-16(13)22)11-4-6-17-7-5-11/h2-8H,9H2,1H3,(H,18,21)(H,20,22). The molecule has 2 N–H and O–H groups in total. The van der Waals surface area contributed by atoms with Gasteiger partial charge in [-0.15, -0.1) is 11.3 Å². The van der Waals surface area contributed by atoms with Crippen LogP contribution < -0.4 is 10.9 Å². The van der Waals surface area contributed by atoms with Gasteiger partial charge in [-0.2, -0.15) is 5.10 Å². The summed E-state index contributed by atoms with van der Waals surface area (Å²) in [6.45, 7) is 2.40. The first-order valence-electron chi connectivity index (χ1n) is 6.97. The van der Waals surface area contributed by atoms with Crippen molar-refractivity contribution in [1.29, 1.82) is 0 Å². The molecule has 0 saturated carbocycles. The Labute approximate surface area is 136 Å². The molecule has 7 heteroatoms. The van der Waals surface area contributed by atoms with Gasteiger partial charge >= 0.3 is 0 Å². The zero-order valence-electron chi connectivity index (χ0n) is 12.4. The molecule has 3 rings (SSSR count). The Hall–Kier alpha value is -2.80. The maximum Gasteiger partial charge on any atom is 0.277 e. The number of pyridine rings is 1. The normalized spacial score (nSPS) is 10.5. The molecule has 3 heterocycles. The second kappa shape index (κ2) is 6.53. The van der Waals surface area contributed by atoms with E-state index in [4.69, 9.17) is 0 Å². The third-order valence-electron chi connectivity index (χ3n) is 3.24. The molecule has 0 fully saturated rings. The van der Waals surface area contributed by atoms with E-state index in [-0.39, 0.29) is 5.56 Å². The number of thiophene rings is 1. The first-order chi connectivity index (χ1) is 11.1. The van der Waals surface area contributed by atoms with Crippen LogP contribution in [-0.4, -0.2) is 21.1 Å². The minimum atomic E-state index is -0.511. The molecule has 116 valence electrons. The third kappa shape index (κ3) is 3.51. The molecule has 0 aliphatic rings. The molecule has 0 aliphatic carbocycles. The van der Waals surface area contributed by atoms with Crippen LogP contribution in [0.15, 0.2) is 47.5 Å². The van der Waals surface area contributed by atoms with E-state index in [0.717, 1.165) is 10.4 Å². The Kier molecular flexibility index (Phi) is 4.29. The second-order valence-corrected chi connectivity index (χ2v) is 6.30. The van der Waals surface area contributed by atoms with Gasteiger partial charge in [0.05, 0.1) is 12.2 Å². The minimum absolute atomic E-state index is 0.0418. The van der Waals surface area contributed by atoms with E-state index < -0.39 is 11.5 Å². The van der Waals surface area contributed by atoms with Crippen molar-refractivity contribution in [3.8, 4) is 11.3 Å². The Morgan fingerprint density at radius 2 is 2.04 bits per heavy atom. The molecule has 0 radical (unpaired) electrons. The Morgan fingerprint density at radius 3 is 2.74 bits per heavy atom. The van der Waals surface area contributed by atoms with Gasteiger partial charge in [-0.3, -0.25) is 14.6 Å². The van der Waals surface area contributed by atoms with Gasteiger partial charge in [-0.05, 0) is 37.3 Å². The summed E-state index contributed by atoms with van der Waals surface area (Å²) >= 11 is 1.61.